The number of fused-ring (bicyclic) bond motifs is 4. The molecule has 0 amide bonds. The molecule has 2 aromatic carbocycles. The number of aliphatic hydroxyl groups is 1. The maximum Gasteiger partial charge on any atom is 0.143 e. The van der Waals surface area contributed by atoms with E-state index >= 15 is 0 Å². The molecule has 0 saturated carbocycles. The molecule has 0 heterocycles. The van der Waals surface area contributed by atoms with Crippen LogP contribution in [0.4, 0.5) is 0 Å². The number of carbonyl (C=O) groups excluding carboxylic acids is 1. The Morgan fingerprint density at radius 1 is 1.13 bits per heavy atom. The van der Waals surface area contributed by atoms with Crippen LogP contribution in [0.5, 0.6) is 0 Å². The Kier molecular flexibility index (Phi) is 10.7. The molecule has 1 unspecified atom stereocenters. The number of allylic oxidation sites excluding steroid dienone is 7. The van der Waals surface area contributed by atoms with Crippen molar-refractivity contribution in [1.29, 1.82) is 0 Å². The zero-order valence-corrected chi connectivity index (χ0v) is 24.2. The molecule has 0 fully saturated rings. The molecule has 204 valence electrons. The standard InChI is InChI=1S/C35H42N2O2/c1-7-25(2)23-37-24-28(5)35(36-6)31-16-12-26(3)30(21-31)15-14-29(11-9-8-10-19-38)33(18-20-39)34-22-32(35)17-13-27(34)4/h8-14,16-18,20-25,36,38H,7,15,19H2,1-6H3/b10-8?,11-9-,28-24+,29-14+,33-18-,37-23-/t25?,35-/m1/s1. The van der Waals surface area contributed by atoms with Crippen LogP contribution in [0.25, 0.3) is 5.57 Å². The number of carbonyl (C=O) groups is 1. The summed E-state index contributed by atoms with van der Waals surface area (Å²) in [5.41, 5.74) is 9.03. The number of benzene rings is 2. The van der Waals surface area contributed by atoms with Gasteiger partial charge in [0.25, 0.3) is 0 Å². The van der Waals surface area contributed by atoms with E-state index in [1.165, 1.54) is 11.1 Å². The van der Waals surface area contributed by atoms with Gasteiger partial charge < -0.3 is 10.4 Å². The van der Waals surface area contributed by atoms with Crippen LogP contribution in [0.3, 0.4) is 0 Å². The smallest absolute Gasteiger partial charge is 0.143 e. The summed E-state index contributed by atoms with van der Waals surface area (Å²) in [6.07, 6.45) is 17.9. The summed E-state index contributed by atoms with van der Waals surface area (Å²) < 4.78 is 0. The number of hydrogen-bond acceptors (Lipinski definition) is 4. The van der Waals surface area contributed by atoms with E-state index in [0.717, 1.165) is 51.7 Å². The van der Waals surface area contributed by atoms with Crippen molar-refractivity contribution in [3.63, 3.8) is 0 Å². The summed E-state index contributed by atoms with van der Waals surface area (Å²) in [4.78, 5) is 16.6. The van der Waals surface area contributed by atoms with Crippen LogP contribution in [-0.2, 0) is 16.8 Å². The molecule has 0 aromatic heterocycles. The lowest BCUT2D eigenvalue weighted by Gasteiger charge is -2.37. The number of aryl methyl sites for hydroxylation is 2. The number of hydrogen-bond donors (Lipinski definition) is 2. The zero-order valence-electron chi connectivity index (χ0n) is 24.2. The van der Waals surface area contributed by atoms with Crippen molar-refractivity contribution in [2.45, 2.75) is 53.0 Å². The third-order valence-electron chi connectivity index (χ3n) is 7.68. The molecule has 0 saturated heterocycles. The molecule has 4 bridgehead atoms. The molecule has 0 spiro atoms. The summed E-state index contributed by atoms with van der Waals surface area (Å²) in [6, 6.07) is 13.2. The van der Waals surface area contributed by atoms with Crippen molar-refractivity contribution in [2.24, 2.45) is 10.9 Å². The van der Waals surface area contributed by atoms with Crippen molar-refractivity contribution in [3.8, 4) is 0 Å². The molecule has 1 aliphatic carbocycles. The molecule has 4 nitrogen and oxygen atoms in total. The van der Waals surface area contributed by atoms with E-state index in [4.69, 9.17) is 10.1 Å². The maximum absolute atomic E-state index is 11.9. The molecule has 0 aliphatic heterocycles. The molecule has 2 N–H and O–H groups in total. The number of aliphatic imine (C=N–C) groups is 1. The van der Waals surface area contributed by atoms with Gasteiger partial charge in [0.2, 0.25) is 0 Å². The average Bonchev–Trinajstić information content (AvgIpc) is 2.95. The van der Waals surface area contributed by atoms with Crippen molar-refractivity contribution in [3.05, 3.63) is 124 Å². The fraction of sp³-hybridized carbons (Fsp3) is 0.314. The molecule has 39 heavy (non-hydrogen) atoms. The lowest BCUT2D eigenvalue weighted by Crippen LogP contribution is -2.42. The van der Waals surface area contributed by atoms with E-state index in [1.54, 1.807) is 12.2 Å². The topological polar surface area (TPSA) is 61.7 Å². The number of nitrogens with one attached hydrogen (secondary N) is 1. The minimum Gasteiger partial charge on any atom is -0.392 e. The Morgan fingerprint density at radius 2 is 1.85 bits per heavy atom. The van der Waals surface area contributed by atoms with Crippen molar-refractivity contribution < 1.29 is 9.90 Å². The van der Waals surface area contributed by atoms with Gasteiger partial charge in [0.15, 0.2) is 0 Å². The predicted molar refractivity (Wildman–Crippen MR) is 165 cm³/mol. The molecule has 2 aromatic rings. The quantitative estimate of drug-likeness (QED) is 0.162. The van der Waals surface area contributed by atoms with Gasteiger partial charge in [-0.15, -0.1) is 0 Å². The predicted octanol–water partition coefficient (Wildman–Crippen LogP) is 6.96. The zero-order chi connectivity index (χ0) is 28.4. The van der Waals surface area contributed by atoms with Crippen molar-refractivity contribution >= 4 is 18.1 Å². The van der Waals surface area contributed by atoms with E-state index in [9.17, 15) is 4.79 Å². The Labute approximate surface area is 234 Å². The maximum atomic E-state index is 11.9. The van der Waals surface area contributed by atoms with E-state index in [2.05, 4.69) is 82.4 Å². The molecule has 1 aliphatic rings. The van der Waals surface area contributed by atoms with Gasteiger partial charge in [0.05, 0.1) is 12.1 Å². The lowest BCUT2D eigenvalue weighted by atomic mass is 9.75. The largest absolute Gasteiger partial charge is 0.392 e. The van der Waals surface area contributed by atoms with Gasteiger partial charge in [0, 0.05) is 12.4 Å². The molecule has 3 rings (SSSR count). The van der Waals surface area contributed by atoms with E-state index in [-0.39, 0.29) is 6.61 Å². The van der Waals surface area contributed by atoms with Gasteiger partial charge in [0.1, 0.15) is 6.29 Å². The summed E-state index contributed by atoms with van der Waals surface area (Å²) >= 11 is 0. The van der Waals surface area contributed by atoms with E-state index in [0.29, 0.717) is 12.3 Å². The second kappa shape index (κ2) is 14.0. The highest BCUT2D eigenvalue weighted by Crippen LogP contribution is 2.40. The number of aliphatic hydroxyl groups excluding tert-OH is 1. The van der Waals surface area contributed by atoms with Gasteiger partial charge >= 0.3 is 0 Å². The van der Waals surface area contributed by atoms with Crippen molar-refractivity contribution in [1.82, 2.24) is 5.32 Å². The van der Waals surface area contributed by atoms with E-state index < -0.39 is 5.54 Å². The fourth-order valence-corrected chi connectivity index (χ4v) is 5.08. The first-order valence-electron chi connectivity index (χ1n) is 13.7. The SMILES string of the molecule is CCC(C)/C=N\C=C(/C)[C@@]1(NC)c2ccc(C)c(c2)C/C=C(\C=C/C=CCO)C(=C/C=O)/c2cc1ccc2C. The summed E-state index contributed by atoms with van der Waals surface area (Å²) in [6.45, 7) is 10.7. The van der Waals surface area contributed by atoms with Gasteiger partial charge in [-0.1, -0.05) is 74.6 Å². The molecule has 4 heteroatoms. The average molecular weight is 523 g/mol. The van der Waals surface area contributed by atoms with Gasteiger partial charge in [-0.25, -0.2) is 0 Å². The molecule has 0 radical (unpaired) electrons. The monoisotopic (exact) mass is 522 g/mol. The van der Waals surface area contributed by atoms with Gasteiger partial charge in [-0.3, -0.25) is 9.79 Å². The van der Waals surface area contributed by atoms with Crippen LogP contribution < -0.4 is 5.32 Å². The second-order valence-electron chi connectivity index (χ2n) is 10.2. The second-order valence-corrected chi connectivity index (χ2v) is 10.2. The first-order chi connectivity index (χ1) is 18.8. The lowest BCUT2D eigenvalue weighted by molar-refractivity contribution is -0.104. The molecule has 2 atom stereocenters. The molecular weight excluding hydrogens is 480 g/mol. The van der Waals surface area contributed by atoms with Crippen LogP contribution in [0, 0.1) is 19.8 Å². The van der Waals surface area contributed by atoms with Gasteiger partial charge in [-0.05, 0) is 109 Å². The first-order valence-corrected chi connectivity index (χ1v) is 13.7. The number of rotatable bonds is 9. The Bertz CT molecular complexity index is 1360. The third-order valence-corrected chi connectivity index (χ3v) is 7.68. The number of aldehydes is 1. The minimum absolute atomic E-state index is 0.0199. The first kappa shape index (κ1) is 29.9. The van der Waals surface area contributed by atoms with Crippen LogP contribution in [-0.4, -0.2) is 31.3 Å². The fourth-order valence-electron chi connectivity index (χ4n) is 5.08. The Balaban J connectivity index is 2.39. The highest BCUT2D eigenvalue weighted by Gasteiger charge is 2.36. The van der Waals surface area contributed by atoms with Crippen LogP contribution in [0.2, 0.25) is 0 Å². The normalized spacial score (nSPS) is 21.4. The summed E-state index contributed by atoms with van der Waals surface area (Å²) in [7, 11) is 2.00. The minimum atomic E-state index is -0.617. The van der Waals surface area contributed by atoms with Crippen LogP contribution in [0.15, 0.2) is 95.2 Å². The Hall–Kier alpha value is -3.60. The Morgan fingerprint density at radius 3 is 2.51 bits per heavy atom. The summed E-state index contributed by atoms with van der Waals surface area (Å²) in [5.74, 6) is 0.407. The number of likely N-dealkylation sites (N-methyl/N-ethyl adjacent to an activating group) is 1. The van der Waals surface area contributed by atoms with Crippen LogP contribution in [0.1, 0.15) is 60.6 Å². The highest BCUT2D eigenvalue weighted by molar-refractivity contribution is 5.92. The summed E-state index contributed by atoms with van der Waals surface area (Å²) in [5, 5.41) is 12.8. The molecular formula is C35H42N2O2. The van der Waals surface area contributed by atoms with Crippen molar-refractivity contribution in [2.75, 3.05) is 13.7 Å². The van der Waals surface area contributed by atoms with Gasteiger partial charge in [-0.2, -0.15) is 0 Å². The highest BCUT2D eigenvalue weighted by atomic mass is 16.2. The number of nitrogens with zero attached hydrogens (tertiary/aromatic N) is 1. The third kappa shape index (κ3) is 6.70. The van der Waals surface area contributed by atoms with E-state index in [1.807, 2.05) is 37.7 Å². The van der Waals surface area contributed by atoms with Crippen LogP contribution >= 0.6 is 0 Å².